The summed E-state index contributed by atoms with van der Waals surface area (Å²) in [7, 11) is 0. The maximum absolute atomic E-state index is 12.6. The Morgan fingerprint density at radius 3 is 2.33 bits per heavy atom. The molecule has 0 fully saturated rings. The zero-order chi connectivity index (χ0) is 20.2. The van der Waals surface area contributed by atoms with Crippen LogP contribution in [0.4, 0.5) is 4.79 Å². The Bertz CT molecular complexity index is 828. The van der Waals surface area contributed by atoms with Crippen molar-refractivity contribution in [2.24, 2.45) is 5.41 Å². The third kappa shape index (κ3) is 5.99. The Labute approximate surface area is 163 Å². The summed E-state index contributed by atoms with van der Waals surface area (Å²) in [4.78, 5) is 12.6. The molecule has 0 spiro atoms. The second-order valence-electron chi connectivity index (χ2n) is 8.85. The van der Waals surface area contributed by atoms with Crippen LogP contribution in [0.1, 0.15) is 58.2 Å². The van der Waals surface area contributed by atoms with E-state index in [1.54, 1.807) is 0 Å². The molecule has 0 saturated carbocycles. The average Bonchev–Trinajstić information content (AvgIpc) is 2.55. The first kappa shape index (κ1) is 20.8. The minimum Gasteiger partial charge on any atom is -0.410 e. The number of nitrogens with one attached hydrogen (secondary N) is 1. The number of carbonyl (C=O) groups excluding carboxylic acids is 1. The molecule has 0 bridgehead atoms. The van der Waals surface area contributed by atoms with Crippen LogP contribution in [0, 0.1) is 5.41 Å². The fourth-order valence-corrected chi connectivity index (χ4v) is 2.95. The first-order valence-electron chi connectivity index (χ1n) is 9.32. The summed E-state index contributed by atoms with van der Waals surface area (Å²) in [5, 5.41) is 2.99. The van der Waals surface area contributed by atoms with Crippen LogP contribution in [0.15, 0.2) is 55.1 Å². The highest BCUT2D eigenvalue weighted by molar-refractivity contribution is 5.72. The van der Waals surface area contributed by atoms with Gasteiger partial charge in [-0.2, -0.15) is 0 Å². The van der Waals surface area contributed by atoms with Crippen molar-refractivity contribution in [3.05, 3.63) is 71.8 Å². The molecular formula is C24H31NO2. The van der Waals surface area contributed by atoms with Gasteiger partial charge in [0, 0.05) is 0 Å². The topological polar surface area (TPSA) is 38.3 Å². The molecule has 2 aromatic carbocycles. The van der Waals surface area contributed by atoms with Gasteiger partial charge in [-0.3, -0.25) is 0 Å². The van der Waals surface area contributed by atoms with Crippen LogP contribution in [-0.2, 0) is 12.0 Å². The number of carbonyl (C=O) groups is 1. The maximum Gasteiger partial charge on any atom is 0.413 e. The van der Waals surface area contributed by atoms with E-state index >= 15 is 0 Å². The highest BCUT2D eigenvalue weighted by atomic mass is 16.6. The van der Waals surface area contributed by atoms with Crippen LogP contribution in [-0.4, -0.2) is 6.09 Å². The maximum atomic E-state index is 12.6. The Hall–Kier alpha value is -2.55. The second-order valence-corrected chi connectivity index (χ2v) is 8.85. The first-order valence-corrected chi connectivity index (χ1v) is 9.32. The van der Waals surface area contributed by atoms with Gasteiger partial charge in [-0.05, 0) is 61.4 Å². The molecule has 0 heterocycles. The largest absolute Gasteiger partial charge is 0.413 e. The van der Waals surface area contributed by atoms with Crippen molar-refractivity contribution >= 4 is 11.7 Å². The molecular weight excluding hydrogens is 334 g/mol. The lowest BCUT2D eigenvalue weighted by Crippen LogP contribution is -2.42. The summed E-state index contributed by atoms with van der Waals surface area (Å²) < 4.78 is 5.66. The predicted octanol–water partition coefficient (Wildman–Crippen LogP) is 6.33. The highest BCUT2D eigenvalue weighted by Crippen LogP contribution is 2.28. The highest BCUT2D eigenvalue weighted by Gasteiger charge is 2.25. The van der Waals surface area contributed by atoms with Gasteiger partial charge in [0.25, 0.3) is 0 Å². The van der Waals surface area contributed by atoms with Crippen molar-refractivity contribution < 1.29 is 9.53 Å². The minimum atomic E-state index is -0.568. The SMILES string of the molecule is C=C(C)c1cccc(C(C)(C)NC(=O)Oc2ccccc2CC(C)(C)C)c1. The molecule has 0 saturated heterocycles. The van der Waals surface area contributed by atoms with Gasteiger partial charge in [-0.1, -0.05) is 69.3 Å². The van der Waals surface area contributed by atoms with Crippen molar-refractivity contribution in [3.8, 4) is 5.75 Å². The van der Waals surface area contributed by atoms with E-state index in [4.69, 9.17) is 4.74 Å². The molecule has 0 aliphatic carbocycles. The van der Waals surface area contributed by atoms with E-state index in [0.29, 0.717) is 5.75 Å². The van der Waals surface area contributed by atoms with Crippen LogP contribution < -0.4 is 10.1 Å². The zero-order valence-corrected chi connectivity index (χ0v) is 17.3. The number of allylic oxidation sites excluding steroid dienone is 1. The van der Waals surface area contributed by atoms with Crippen molar-refractivity contribution in [1.82, 2.24) is 5.32 Å². The van der Waals surface area contributed by atoms with Gasteiger partial charge in [-0.25, -0.2) is 4.79 Å². The molecule has 3 nitrogen and oxygen atoms in total. The van der Waals surface area contributed by atoms with Crippen LogP contribution in [0.2, 0.25) is 0 Å². The molecule has 0 radical (unpaired) electrons. The molecule has 2 rings (SSSR count). The van der Waals surface area contributed by atoms with Gasteiger partial charge >= 0.3 is 6.09 Å². The molecule has 27 heavy (non-hydrogen) atoms. The van der Waals surface area contributed by atoms with E-state index in [1.165, 1.54) is 0 Å². The van der Waals surface area contributed by atoms with E-state index in [-0.39, 0.29) is 5.41 Å². The Morgan fingerprint density at radius 2 is 1.70 bits per heavy atom. The van der Waals surface area contributed by atoms with E-state index in [1.807, 2.05) is 63.2 Å². The molecule has 2 aromatic rings. The Balaban J connectivity index is 2.16. The predicted molar refractivity (Wildman–Crippen MR) is 113 cm³/mol. The molecule has 0 atom stereocenters. The molecule has 0 aliphatic rings. The summed E-state index contributed by atoms with van der Waals surface area (Å²) in [5.41, 5.74) is 3.63. The monoisotopic (exact) mass is 365 g/mol. The molecule has 0 aromatic heterocycles. The van der Waals surface area contributed by atoms with E-state index in [2.05, 4.69) is 38.7 Å². The molecule has 0 unspecified atom stereocenters. The fourth-order valence-electron chi connectivity index (χ4n) is 2.95. The summed E-state index contributed by atoms with van der Waals surface area (Å²) >= 11 is 0. The lowest BCUT2D eigenvalue weighted by molar-refractivity contribution is 0.187. The van der Waals surface area contributed by atoms with Gasteiger partial charge in [-0.15, -0.1) is 0 Å². The zero-order valence-electron chi connectivity index (χ0n) is 17.3. The van der Waals surface area contributed by atoms with Gasteiger partial charge in [0.15, 0.2) is 0 Å². The van der Waals surface area contributed by atoms with E-state index < -0.39 is 11.6 Å². The lowest BCUT2D eigenvalue weighted by Gasteiger charge is -2.27. The Kier molecular flexibility index (Phi) is 6.15. The number of hydrogen-bond donors (Lipinski definition) is 1. The minimum absolute atomic E-state index is 0.109. The quantitative estimate of drug-likeness (QED) is 0.672. The summed E-state index contributed by atoms with van der Waals surface area (Å²) in [6.45, 7) is 16.4. The number of hydrogen-bond acceptors (Lipinski definition) is 2. The number of ether oxygens (including phenoxy) is 1. The van der Waals surface area contributed by atoms with Crippen molar-refractivity contribution in [2.75, 3.05) is 0 Å². The van der Waals surface area contributed by atoms with Crippen molar-refractivity contribution in [1.29, 1.82) is 0 Å². The summed E-state index contributed by atoms with van der Waals surface area (Å²) in [5.74, 6) is 0.608. The molecule has 0 aliphatic heterocycles. The van der Waals surface area contributed by atoms with E-state index in [9.17, 15) is 4.79 Å². The number of amides is 1. The van der Waals surface area contributed by atoms with Crippen molar-refractivity contribution in [3.63, 3.8) is 0 Å². The van der Waals surface area contributed by atoms with Gasteiger partial charge in [0.2, 0.25) is 0 Å². The van der Waals surface area contributed by atoms with Crippen LogP contribution in [0.5, 0.6) is 5.75 Å². The van der Waals surface area contributed by atoms with Crippen LogP contribution in [0.25, 0.3) is 5.57 Å². The van der Waals surface area contributed by atoms with Crippen LogP contribution >= 0.6 is 0 Å². The first-order chi connectivity index (χ1) is 12.5. The average molecular weight is 366 g/mol. The molecule has 144 valence electrons. The van der Waals surface area contributed by atoms with Crippen LogP contribution in [0.3, 0.4) is 0 Å². The molecule has 1 N–H and O–H groups in total. The normalized spacial score (nSPS) is 11.8. The molecule has 1 amide bonds. The lowest BCUT2D eigenvalue weighted by atomic mass is 9.88. The Morgan fingerprint density at radius 1 is 1.04 bits per heavy atom. The van der Waals surface area contributed by atoms with Gasteiger partial charge in [0.1, 0.15) is 5.75 Å². The van der Waals surface area contributed by atoms with Crippen molar-refractivity contribution in [2.45, 2.75) is 53.5 Å². The second kappa shape index (κ2) is 7.99. The number of para-hydroxylation sites is 1. The number of benzene rings is 2. The van der Waals surface area contributed by atoms with E-state index in [0.717, 1.165) is 28.7 Å². The summed E-state index contributed by atoms with van der Waals surface area (Å²) in [6, 6.07) is 15.8. The summed E-state index contributed by atoms with van der Waals surface area (Å²) in [6.07, 6.45) is 0.377. The smallest absolute Gasteiger partial charge is 0.410 e. The number of rotatable bonds is 5. The third-order valence-electron chi connectivity index (χ3n) is 4.39. The third-order valence-corrected chi connectivity index (χ3v) is 4.39. The fraction of sp³-hybridized carbons (Fsp3) is 0.375. The van der Waals surface area contributed by atoms with Gasteiger partial charge < -0.3 is 10.1 Å². The standard InChI is InChI=1S/C24H31NO2/c1-17(2)18-12-10-13-20(15-18)24(6,7)25-22(26)27-21-14-9-8-11-19(21)16-23(3,4)5/h8-15H,1,16H2,2-7H3,(H,25,26). The molecule has 3 heteroatoms. The van der Waals surface area contributed by atoms with Gasteiger partial charge in [0.05, 0.1) is 5.54 Å².